The maximum absolute atomic E-state index is 12.5. The van der Waals surface area contributed by atoms with Gasteiger partial charge in [-0.3, -0.25) is 0 Å². The number of ether oxygens (including phenoxy) is 1. The third-order valence-corrected chi connectivity index (χ3v) is 5.99. The van der Waals surface area contributed by atoms with Crippen molar-refractivity contribution in [2.24, 2.45) is 17.3 Å². The second-order valence-corrected chi connectivity index (χ2v) is 8.13. The number of esters is 1. The van der Waals surface area contributed by atoms with Crippen molar-refractivity contribution in [3.63, 3.8) is 0 Å². The Morgan fingerprint density at radius 2 is 1.65 bits per heavy atom. The Bertz CT molecular complexity index is 691. The first kappa shape index (κ1) is 19.2. The average molecular weight is 368 g/mol. The number of rotatable bonds is 4. The van der Waals surface area contributed by atoms with Crippen LogP contribution in [0.3, 0.4) is 0 Å². The fourth-order valence-electron chi connectivity index (χ4n) is 4.16. The second-order valence-electron chi connectivity index (χ2n) is 8.13. The number of hydrogen-bond donors (Lipinski definition) is 5. The molecule has 5 N–H and O–H groups in total. The quantitative estimate of drug-likeness (QED) is 0.367. The molecule has 0 bridgehead atoms. The predicted octanol–water partition coefficient (Wildman–Crippen LogP) is -0.164. The summed E-state index contributed by atoms with van der Waals surface area (Å²) in [5, 5.41) is 48.6. The third-order valence-electron chi connectivity index (χ3n) is 5.99. The number of carbonyl (C=O) groups is 1. The van der Waals surface area contributed by atoms with Gasteiger partial charge in [-0.25, -0.2) is 15.2 Å². The summed E-state index contributed by atoms with van der Waals surface area (Å²) in [5.41, 5.74) is -1.85. The average Bonchev–Trinajstić information content (AvgIpc) is 3.05. The molecule has 0 amide bonds. The molecule has 9 heteroatoms. The van der Waals surface area contributed by atoms with Gasteiger partial charge < -0.3 is 20.3 Å². The molecule has 0 aromatic heterocycles. The van der Waals surface area contributed by atoms with Crippen LogP contribution in [0.5, 0.6) is 0 Å². The summed E-state index contributed by atoms with van der Waals surface area (Å²) in [6.07, 6.45) is 0.332. The largest absolute Gasteiger partial charge is 0.595 e. The molecule has 9 nitrogen and oxygen atoms in total. The van der Waals surface area contributed by atoms with Gasteiger partial charge in [-0.1, -0.05) is 13.8 Å². The van der Waals surface area contributed by atoms with Crippen molar-refractivity contribution in [3.8, 4) is 0 Å². The molecule has 1 aromatic carbocycles. The first-order valence-corrected chi connectivity index (χ1v) is 8.48. The van der Waals surface area contributed by atoms with E-state index in [0.29, 0.717) is 24.7 Å². The van der Waals surface area contributed by atoms with E-state index in [9.17, 15) is 20.3 Å². The molecule has 0 spiro atoms. The molecule has 2 fully saturated rings. The van der Waals surface area contributed by atoms with Crippen molar-refractivity contribution >= 4 is 17.3 Å². The Labute approximate surface area is 150 Å². The Kier molecular flexibility index (Phi) is 4.60. The normalized spacial score (nSPS) is 34.5. The molecule has 0 heterocycles. The maximum atomic E-state index is 12.5. The summed E-state index contributed by atoms with van der Waals surface area (Å²) >= 11 is 0. The summed E-state index contributed by atoms with van der Waals surface area (Å²) in [7, 11) is 0. The highest BCUT2D eigenvalue weighted by Crippen LogP contribution is 2.66. The summed E-state index contributed by atoms with van der Waals surface area (Å²) in [6, 6.07) is 3.15. The predicted molar refractivity (Wildman–Crippen MR) is 87.8 cm³/mol. The molecule has 0 radical (unpaired) electrons. The van der Waals surface area contributed by atoms with E-state index in [-0.39, 0.29) is 22.4 Å². The number of hydrogen-bond acceptors (Lipinski definition) is 7. The van der Waals surface area contributed by atoms with Gasteiger partial charge in [-0.15, -0.1) is 0 Å². The van der Waals surface area contributed by atoms with Crippen LogP contribution in [0.25, 0.3) is 0 Å². The number of quaternary nitrogens is 2. The van der Waals surface area contributed by atoms with Crippen molar-refractivity contribution in [2.75, 3.05) is 0 Å². The smallest absolute Gasteiger partial charge is 0.338 e. The van der Waals surface area contributed by atoms with Crippen LogP contribution < -0.4 is 10.5 Å². The minimum atomic E-state index is -1.34. The van der Waals surface area contributed by atoms with E-state index in [1.54, 1.807) is 6.92 Å². The SMILES string of the molecule is CC1(O)CC2C(CC1OC(=O)c1cc([NH+]([O-])O)cc([NH+]([O-])O)c1)C2(C)C. The van der Waals surface area contributed by atoms with E-state index < -0.39 is 28.1 Å². The van der Waals surface area contributed by atoms with Gasteiger partial charge in [0, 0.05) is 12.1 Å². The lowest BCUT2D eigenvalue weighted by Crippen LogP contribution is -3.00. The molecule has 144 valence electrons. The highest BCUT2D eigenvalue weighted by molar-refractivity contribution is 5.91. The second kappa shape index (κ2) is 6.24. The number of nitrogens with one attached hydrogen (secondary N) is 2. The zero-order chi connectivity index (χ0) is 19.4. The molecule has 2 saturated carbocycles. The number of benzene rings is 1. The van der Waals surface area contributed by atoms with Crippen molar-refractivity contribution in [1.82, 2.24) is 0 Å². The highest BCUT2D eigenvalue weighted by Gasteiger charge is 2.64. The first-order chi connectivity index (χ1) is 11.9. The Morgan fingerprint density at radius 3 is 2.15 bits per heavy atom. The fourth-order valence-corrected chi connectivity index (χ4v) is 4.16. The number of carbonyl (C=O) groups excluding carboxylic acids is 1. The lowest BCUT2D eigenvalue weighted by atomic mass is 9.83. The van der Waals surface area contributed by atoms with Gasteiger partial charge in [-0.2, -0.15) is 10.5 Å². The molecule has 0 saturated heterocycles. The molecular formula is C17H24N2O7. The van der Waals surface area contributed by atoms with E-state index in [0.717, 1.165) is 18.2 Å². The van der Waals surface area contributed by atoms with E-state index in [4.69, 9.17) is 15.2 Å². The molecule has 26 heavy (non-hydrogen) atoms. The van der Waals surface area contributed by atoms with Crippen LogP contribution in [-0.2, 0) is 4.74 Å². The molecule has 3 rings (SSSR count). The molecule has 6 unspecified atom stereocenters. The van der Waals surface area contributed by atoms with Crippen LogP contribution in [0.2, 0.25) is 0 Å². The molecule has 2 aliphatic carbocycles. The minimum Gasteiger partial charge on any atom is -0.595 e. The van der Waals surface area contributed by atoms with Crippen LogP contribution >= 0.6 is 0 Å². The topological polar surface area (TPSA) is 142 Å². The standard InChI is InChI=1S/C17H24N2O7/c1-16(2)12-7-14(17(3,21)8-13(12)16)26-15(20)9-4-10(18(22)23)6-11(5-9)19(24)25/h4-6,12-14,18-19,21-22,24H,7-8H2,1-3H3. The molecule has 6 atom stereocenters. The van der Waals surface area contributed by atoms with Gasteiger partial charge in [0.1, 0.15) is 6.10 Å². The Morgan fingerprint density at radius 1 is 1.12 bits per heavy atom. The van der Waals surface area contributed by atoms with Gasteiger partial charge in [0.15, 0.2) is 11.4 Å². The van der Waals surface area contributed by atoms with E-state index in [2.05, 4.69) is 13.8 Å². The Hall–Kier alpha value is -1.59. The van der Waals surface area contributed by atoms with Crippen LogP contribution in [0.4, 0.5) is 11.4 Å². The van der Waals surface area contributed by atoms with Gasteiger partial charge in [-0.05, 0) is 37.0 Å². The van der Waals surface area contributed by atoms with E-state index >= 15 is 0 Å². The maximum Gasteiger partial charge on any atom is 0.338 e. The molecule has 1 aromatic rings. The monoisotopic (exact) mass is 368 g/mol. The third kappa shape index (κ3) is 3.35. The summed E-state index contributed by atoms with van der Waals surface area (Å²) in [5.74, 6) is -0.0837. The summed E-state index contributed by atoms with van der Waals surface area (Å²) in [6.45, 7) is 5.88. The summed E-state index contributed by atoms with van der Waals surface area (Å²) in [4.78, 5) is 12.5. The van der Waals surface area contributed by atoms with Crippen molar-refractivity contribution in [1.29, 1.82) is 0 Å². The van der Waals surface area contributed by atoms with Gasteiger partial charge >= 0.3 is 5.97 Å². The zero-order valence-electron chi connectivity index (χ0n) is 14.9. The lowest BCUT2D eigenvalue weighted by Gasteiger charge is -2.36. The van der Waals surface area contributed by atoms with Gasteiger partial charge in [0.2, 0.25) is 0 Å². The fraction of sp³-hybridized carbons (Fsp3) is 0.588. The first-order valence-electron chi connectivity index (χ1n) is 8.48. The van der Waals surface area contributed by atoms with Crippen LogP contribution in [0.1, 0.15) is 44.0 Å². The Balaban J connectivity index is 1.81. The number of aliphatic hydroxyl groups is 1. The van der Waals surface area contributed by atoms with Crippen LogP contribution in [-0.4, -0.2) is 33.2 Å². The van der Waals surface area contributed by atoms with Crippen LogP contribution in [0, 0.1) is 27.7 Å². The number of fused-ring (bicyclic) bond motifs is 1. The van der Waals surface area contributed by atoms with Crippen molar-refractivity contribution in [2.45, 2.75) is 45.3 Å². The lowest BCUT2D eigenvalue weighted by molar-refractivity contribution is -0.996. The van der Waals surface area contributed by atoms with Crippen LogP contribution in [0.15, 0.2) is 18.2 Å². The molecular weight excluding hydrogens is 344 g/mol. The summed E-state index contributed by atoms with van der Waals surface area (Å²) < 4.78 is 5.48. The molecule has 0 aliphatic heterocycles. The molecule has 2 aliphatic rings. The van der Waals surface area contributed by atoms with Crippen molar-refractivity contribution in [3.05, 3.63) is 34.2 Å². The highest BCUT2D eigenvalue weighted by atomic mass is 16.8. The minimum absolute atomic E-state index is 0.102. The van der Waals surface area contributed by atoms with Crippen molar-refractivity contribution < 1.29 is 35.5 Å². The van der Waals surface area contributed by atoms with Gasteiger partial charge in [0.25, 0.3) is 0 Å². The van der Waals surface area contributed by atoms with E-state index in [1.807, 2.05) is 0 Å². The zero-order valence-corrected chi connectivity index (χ0v) is 14.9. The van der Waals surface area contributed by atoms with E-state index in [1.165, 1.54) is 0 Å². The van der Waals surface area contributed by atoms with Gasteiger partial charge in [0.05, 0.1) is 17.2 Å².